The van der Waals surface area contributed by atoms with Crippen LogP contribution >= 0.6 is 0 Å². The van der Waals surface area contributed by atoms with E-state index in [4.69, 9.17) is 4.99 Å². The van der Waals surface area contributed by atoms with E-state index in [1.165, 1.54) is 54.6 Å². The van der Waals surface area contributed by atoms with Crippen LogP contribution in [0.25, 0.3) is 65.7 Å². The van der Waals surface area contributed by atoms with E-state index in [9.17, 15) is 0 Å². The molecule has 1 heterocycles. The largest absolute Gasteiger partial charge is 0.266 e. The second kappa shape index (κ2) is 13.5. The van der Waals surface area contributed by atoms with E-state index >= 15 is 0 Å². The van der Waals surface area contributed by atoms with Crippen LogP contribution in [0.4, 0.5) is 0 Å². The molecule has 0 amide bonds. The van der Waals surface area contributed by atoms with Gasteiger partial charge in [-0.15, -0.1) is 0 Å². The van der Waals surface area contributed by atoms with Crippen molar-refractivity contribution in [1.82, 2.24) is 5.32 Å². The van der Waals surface area contributed by atoms with Crippen LogP contribution in [-0.2, 0) is 0 Å². The molecule has 1 aliphatic heterocycles. The molecule has 0 fully saturated rings. The Morgan fingerprint density at radius 1 is 0.389 bits per heavy atom. The Morgan fingerprint density at radius 3 is 1.76 bits per heavy atom. The molecule has 0 aliphatic carbocycles. The summed E-state index contributed by atoms with van der Waals surface area (Å²) in [5.41, 5.74) is 10.4. The maximum absolute atomic E-state index is 5.25. The topological polar surface area (TPSA) is 38.4 Å². The number of fused-ring (bicyclic) bond motifs is 4. The SMILES string of the molecule is c1ccc(-c2ccccc2C2=[NH+]C(c3ccc(-c4c(-c5cc6ccccc6c6ccccc56)ccc5ccccc45)cc3)=NC(c3ccccc3)N2)cc1. The molecule has 0 radical (unpaired) electrons. The molecule has 10 rings (SSSR count). The zero-order valence-electron chi connectivity index (χ0n) is 29.6. The first-order valence-corrected chi connectivity index (χ1v) is 18.5. The predicted molar refractivity (Wildman–Crippen MR) is 226 cm³/mol. The summed E-state index contributed by atoms with van der Waals surface area (Å²) in [4.78, 5) is 8.97. The number of nitrogens with zero attached hydrogens (tertiary/aromatic N) is 1. The van der Waals surface area contributed by atoms with Crippen molar-refractivity contribution in [2.75, 3.05) is 0 Å². The molecule has 0 aromatic heterocycles. The van der Waals surface area contributed by atoms with Gasteiger partial charge in [0.1, 0.15) is 0 Å². The van der Waals surface area contributed by atoms with Crippen LogP contribution in [0.1, 0.15) is 22.9 Å². The van der Waals surface area contributed by atoms with Crippen molar-refractivity contribution >= 4 is 44.0 Å². The fourth-order valence-corrected chi connectivity index (χ4v) is 8.02. The lowest BCUT2D eigenvalue weighted by Crippen LogP contribution is -2.82. The van der Waals surface area contributed by atoms with Gasteiger partial charge in [-0.05, 0) is 90.0 Å². The maximum Gasteiger partial charge on any atom is 0.266 e. The molecule has 0 saturated heterocycles. The highest BCUT2D eigenvalue weighted by molar-refractivity contribution is 6.17. The molecule has 3 nitrogen and oxygen atoms in total. The zero-order chi connectivity index (χ0) is 35.8. The minimum Gasteiger partial charge on any atom is -0.266 e. The zero-order valence-corrected chi connectivity index (χ0v) is 29.6. The Morgan fingerprint density at radius 2 is 0.981 bits per heavy atom. The number of rotatable bonds is 6. The van der Waals surface area contributed by atoms with Gasteiger partial charge in [0.15, 0.2) is 0 Å². The van der Waals surface area contributed by atoms with Crippen molar-refractivity contribution in [3.05, 3.63) is 217 Å². The second-order valence-electron chi connectivity index (χ2n) is 13.8. The lowest BCUT2D eigenvalue weighted by Gasteiger charge is -2.19. The van der Waals surface area contributed by atoms with Gasteiger partial charge in [-0.1, -0.05) is 181 Å². The summed E-state index contributed by atoms with van der Waals surface area (Å²) in [7, 11) is 0. The van der Waals surface area contributed by atoms with E-state index in [2.05, 4.69) is 204 Å². The van der Waals surface area contributed by atoms with Gasteiger partial charge in [-0.2, -0.15) is 0 Å². The highest BCUT2D eigenvalue weighted by Crippen LogP contribution is 2.43. The lowest BCUT2D eigenvalue weighted by molar-refractivity contribution is -0.321. The van der Waals surface area contributed by atoms with Gasteiger partial charge in [0.25, 0.3) is 12.0 Å². The van der Waals surface area contributed by atoms with Crippen molar-refractivity contribution < 1.29 is 4.99 Å². The molecule has 1 unspecified atom stereocenters. The first-order valence-electron chi connectivity index (χ1n) is 18.5. The summed E-state index contributed by atoms with van der Waals surface area (Å²) in [5, 5.41) is 11.2. The molecule has 0 saturated carbocycles. The quantitative estimate of drug-likeness (QED) is 0.168. The van der Waals surface area contributed by atoms with E-state index in [0.29, 0.717) is 0 Å². The molecular formula is C51H36N3+. The Hall–Kier alpha value is -7.10. The third-order valence-electron chi connectivity index (χ3n) is 10.6. The minimum absolute atomic E-state index is 0.258. The first kappa shape index (κ1) is 31.6. The molecule has 2 N–H and O–H groups in total. The van der Waals surface area contributed by atoms with Gasteiger partial charge in [-0.25, -0.2) is 4.99 Å². The Kier molecular flexibility index (Phi) is 7.88. The molecule has 54 heavy (non-hydrogen) atoms. The molecule has 9 aromatic rings. The average molecular weight is 691 g/mol. The fraction of sp³-hybridized carbons (Fsp3) is 0.0196. The molecule has 0 spiro atoms. The summed E-state index contributed by atoms with van der Waals surface area (Å²) in [6.45, 7) is 0. The smallest absolute Gasteiger partial charge is 0.266 e. The normalized spacial score (nSPS) is 14.1. The summed E-state index contributed by atoms with van der Waals surface area (Å²) in [5.74, 6) is 1.75. The summed E-state index contributed by atoms with van der Waals surface area (Å²) in [6.07, 6.45) is -0.258. The highest BCUT2D eigenvalue weighted by atomic mass is 15.2. The van der Waals surface area contributed by atoms with E-state index < -0.39 is 0 Å². The van der Waals surface area contributed by atoms with Crippen molar-refractivity contribution in [2.45, 2.75) is 6.17 Å². The van der Waals surface area contributed by atoms with Crippen LogP contribution in [0.15, 0.2) is 205 Å². The van der Waals surface area contributed by atoms with Crippen molar-refractivity contribution in [1.29, 1.82) is 0 Å². The van der Waals surface area contributed by atoms with Gasteiger partial charge in [0.2, 0.25) is 5.84 Å². The molecule has 3 heteroatoms. The molecule has 1 aliphatic rings. The first-order chi connectivity index (χ1) is 26.8. The van der Waals surface area contributed by atoms with E-state index in [1.54, 1.807) is 0 Å². The van der Waals surface area contributed by atoms with Crippen LogP contribution in [0, 0.1) is 0 Å². The van der Waals surface area contributed by atoms with Crippen molar-refractivity contribution in [2.24, 2.45) is 4.99 Å². The molecule has 9 aromatic carbocycles. The van der Waals surface area contributed by atoms with E-state index in [1.807, 2.05) is 6.07 Å². The third-order valence-corrected chi connectivity index (χ3v) is 10.6. The monoisotopic (exact) mass is 690 g/mol. The lowest BCUT2D eigenvalue weighted by atomic mass is 9.86. The van der Waals surface area contributed by atoms with E-state index in [0.717, 1.165) is 39.5 Å². The average Bonchev–Trinajstić information content (AvgIpc) is 3.26. The Bertz CT molecular complexity index is 2890. The summed E-state index contributed by atoms with van der Waals surface area (Å²) in [6, 6.07) is 71.6. The standard InChI is InChI=1S/C51H35N3/c1-3-15-34(16-4-1)40-21-11-14-26-46(40)51-53-49(37-18-5-2-6-19-37)52-50(54-51)38-29-27-36(28-30-38)48-42-23-10-7-17-35(42)31-32-45(48)47-33-39-20-8-9-22-41(39)43-24-12-13-25-44(43)47/h1-33,49H,(H,52,53,54)/p+1. The van der Waals surface area contributed by atoms with Crippen LogP contribution in [0.5, 0.6) is 0 Å². The van der Waals surface area contributed by atoms with E-state index in [-0.39, 0.29) is 6.17 Å². The summed E-state index contributed by atoms with van der Waals surface area (Å²) < 4.78 is 0. The number of nitrogens with one attached hydrogen (secondary N) is 2. The van der Waals surface area contributed by atoms with Crippen LogP contribution in [0.3, 0.4) is 0 Å². The van der Waals surface area contributed by atoms with Gasteiger partial charge < -0.3 is 0 Å². The van der Waals surface area contributed by atoms with Gasteiger partial charge >= 0.3 is 0 Å². The number of hydrogen-bond acceptors (Lipinski definition) is 2. The number of benzene rings is 9. The van der Waals surface area contributed by atoms with Crippen molar-refractivity contribution in [3.8, 4) is 33.4 Å². The fourth-order valence-electron chi connectivity index (χ4n) is 8.02. The Balaban J connectivity index is 1.12. The summed E-state index contributed by atoms with van der Waals surface area (Å²) >= 11 is 0. The van der Waals surface area contributed by atoms with Gasteiger partial charge in [0, 0.05) is 5.56 Å². The highest BCUT2D eigenvalue weighted by Gasteiger charge is 2.29. The van der Waals surface area contributed by atoms with Crippen molar-refractivity contribution in [3.63, 3.8) is 0 Å². The molecule has 1 atom stereocenters. The molecule has 0 bridgehead atoms. The Labute approximate surface area is 314 Å². The minimum atomic E-state index is -0.258. The molecular weight excluding hydrogens is 655 g/mol. The number of amidine groups is 2. The second-order valence-corrected chi connectivity index (χ2v) is 13.8. The van der Waals surface area contributed by atoms with Crippen LogP contribution in [-0.4, -0.2) is 11.7 Å². The predicted octanol–water partition coefficient (Wildman–Crippen LogP) is 10.7. The van der Waals surface area contributed by atoms with Gasteiger partial charge in [-0.3, -0.25) is 5.32 Å². The van der Waals surface area contributed by atoms with Gasteiger partial charge in [0.05, 0.1) is 11.1 Å². The number of hydrogen-bond donors (Lipinski definition) is 2. The molecule has 254 valence electrons. The third kappa shape index (κ3) is 5.64. The number of aliphatic imine (C=N–C) groups is 1. The van der Waals surface area contributed by atoms with Crippen LogP contribution in [0.2, 0.25) is 0 Å². The van der Waals surface area contributed by atoms with Crippen LogP contribution < -0.4 is 10.3 Å². The maximum atomic E-state index is 5.25.